The molecule has 35 heavy (non-hydrogen) atoms. The Hall–Kier alpha value is -0.910. The average molecular weight is 489 g/mol. The van der Waals surface area contributed by atoms with Crippen molar-refractivity contribution in [2.75, 3.05) is 0 Å². The minimum Gasteiger partial charge on any atom is -0.481 e. The van der Waals surface area contributed by atoms with Crippen molar-refractivity contribution in [3.63, 3.8) is 0 Å². The third kappa shape index (κ3) is 2.95. The molecule has 4 fully saturated rings. The number of rotatable bonds is 1. The van der Waals surface area contributed by atoms with Gasteiger partial charge in [0.1, 0.15) is 0 Å². The van der Waals surface area contributed by atoms with Crippen molar-refractivity contribution < 1.29 is 25.2 Å². The fourth-order valence-electron chi connectivity index (χ4n) is 11.1. The summed E-state index contributed by atoms with van der Waals surface area (Å²) in [6.07, 6.45) is 5.86. The van der Waals surface area contributed by atoms with E-state index in [0.29, 0.717) is 31.1 Å². The first-order valence-corrected chi connectivity index (χ1v) is 14.1. The lowest BCUT2D eigenvalue weighted by atomic mass is 9.33. The molecule has 5 nitrogen and oxygen atoms in total. The van der Waals surface area contributed by atoms with Gasteiger partial charge in [0, 0.05) is 0 Å². The van der Waals surface area contributed by atoms with E-state index in [1.165, 1.54) is 5.57 Å². The van der Waals surface area contributed by atoms with Crippen LogP contribution in [0.3, 0.4) is 0 Å². The second-order valence-corrected chi connectivity index (χ2v) is 14.8. The van der Waals surface area contributed by atoms with E-state index < -0.39 is 29.7 Å². The molecular weight excluding hydrogens is 440 g/mol. The van der Waals surface area contributed by atoms with Gasteiger partial charge < -0.3 is 20.4 Å². The Morgan fingerprint density at radius 2 is 1.54 bits per heavy atom. The first kappa shape index (κ1) is 25.7. The molecule has 5 rings (SSSR count). The Morgan fingerprint density at radius 1 is 0.886 bits per heavy atom. The summed E-state index contributed by atoms with van der Waals surface area (Å²) >= 11 is 0. The molecule has 0 unspecified atom stereocenters. The minimum absolute atomic E-state index is 0.00408. The van der Waals surface area contributed by atoms with Gasteiger partial charge in [-0.15, -0.1) is 0 Å². The van der Waals surface area contributed by atoms with Crippen LogP contribution >= 0.6 is 0 Å². The average Bonchev–Trinajstić information content (AvgIpc) is 2.76. The Kier molecular flexibility index (Phi) is 5.56. The van der Waals surface area contributed by atoms with Crippen molar-refractivity contribution in [3.8, 4) is 0 Å². The number of carboxylic acid groups (broad SMARTS) is 1. The molecule has 0 heterocycles. The van der Waals surface area contributed by atoms with E-state index >= 15 is 0 Å². The predicted octanol–water partition coefficient (Wildman–Crippen LogP) is 5.03. The number of fused-ring (bicyclic) bond motifs is 7. The van der Waals surface area contributed by atoms with Gasteiger partial charge in [-0.2, -0.15) is 0 Å². The van der Waals surface area contributed by atoms with Gasteiger partial charge in [0.2, 0.25) is 0 Å². The highest BCUT2D eigenvalue weighted by Gasteiger charge is 2.70. The molecule has 0 aromatic heterocycles. The molecule has 5 aliphatic carbocycles. The van der Waals surface area contributed by atoms with Crippen LogP contribution < -0.4 is 0 Å². The van der Waals surface area contributed by atoms with Crippen LogP contribution in [-0.4, -0.2) is 44.7 Å². The van der Waals surface area contributed by atoms with Crippen LogP contribution in [0.2, 0.25) is 0 Å². The summed E-state index contributed by atoms with van der Waals surface area (Å²) in [5.41, 5.74) is -0.0578. The summed E-state index contributed by atoms with van der Waals surface area (Å²) in [5.74, 6) is 0.121. The predicted molar refractivity (Wildman–Crippen MR) is 135 cm³/mol. The van der Waals surface area contributed by atoms with Gasteiger partial charge in [-0.3, -0.25) is 4.79 Å². The lowest BCUT2D eigenvalue weighted by Crippen LogP contribution is -2.67. The normalized spacial score (nSPS) is 57.1. The van der Waals surface area contributed by atoms with Gasteiger partial charge in [-0.1, -0.05) is 60.1 Å². The standard InChI is InChI=1S/C30H48O5/c1-16-17(2)23-18-8-9-22-27(5)14-20(32)24(33)26(3,4)21(27)10-11-29(22,7)28(18,6)12-13-30(23,25(34)35)15-19(16)31/h8,16-17,19-24,31-33H,9-15H2,1-7H3,(H,34,35)/t16-,17-,19-,20+,21-,22+,23-,24+,27-,28+,29+,30+/m0/s1. The van der Waals surface area contributed by atoms with Gasteiger partial charge in [0.15, 0.2) is 0 Å². The van der Waals surface area contributed by atoms with Crippen LogP contribution in [0.15, 0.2) is 11.6 Å². The van der Waals surface area contributed by atoms with E-state index in [2.05, 4.69) is 54.5 Å². The molecule has 0 amide bonds. The zero-order valence-corrected chi connectivity index (χ0v) is 22.8. The maximum Gasteiger partial charge on any atom is 0.310 e. The van der Waals surface area contributed by atoms with E-state index in [-0.39, 0.29) is 39.4 Å². The van der Waals surface area contributed by atoms with E-state index in [4.69, 9.17) is 0 Å². The molecule has 5 heteroatoms. The highest BCUT2D eigenvalue weighted by atomic mass is 16.4. The van der Waals surface area contributed by atoms with E-state index in [1.807, 2.05) is 0 Å². The summed E-state index contributed by atoms with van der Waals surface area (Å²) in [6.45, 7) is 15.7. The number of hydrogen-bond acceptors (Lipinski definition) is 4. The molecular formula is C30H48O5. The van der Waals surface area contributed by atoms with Crippen molar-refractivity contribution >= 4 is 5.97 Å². The van der Waals surface area contributed by atoms with Gasteiger partial charge in [-0.05, 0) is 96.2 Å². The largest absolute Gasteiger partial charge is 0.481 e. The third-order valence-electron chi connectivity index (χ3n) is 13.4. The van der Waals surface area contributed by atoms with Crippen LogP contribution in [0, 0.1) is 56.7 Å². The number of hydrogen-bond donors (Lipinski definition) is 4. The van der Waals surface area contributed by atoms with Gasteiger partial charge in [0.05, 0.1) is 23.7 Å². The third-order valence-corrected chi connectivity index (χ3v) is 13.4. The first-order valence-electron chi connectivity index (χ1n) is 14.1. The molecule has 0 spiro atoms. The van der Waals surface area contributed by atoms with Crippen LogP contribution in [0.25, 0.3) is 0 Å². The summed E-state index contributed by atoms with van der Waals surface area (Å²) in [7, 11) is 0. The summed E-state index contributed by atoms with van der Waals surface area (Å²) in [5, 5.41) is 43.2. The zero-order chi connectivity index (χ0) is 25.9. The molecule has 0 saturated heterocycles. The fraction of sp³-hybridized carbons (Fsp3) is 0.900. The topological polar surface area (TPSA) is 98.0 Å². The SMILES string of the molecule is C[C@H]1[C@H](C)[C@@H](O)C[C@]2(C(=O)O)CC[C@]3(C)C(=CC[C@@H]4[C@@]5(C)C[C@@H](O)[C@@H](O)C(C)(C)[C@@H]5CC[C@]43C)[C@H]12. The molecule has 4 N–H and O–H groups in total. The van der Waals surface area contributed by atoms with Gasteiger partial charge in [0.25, 0.3) is 0 Å². The van der Waals surface area contributed by atoms with Gasteiger partial charge >= 0.3 is 5.97 Å². The maximum atomic E-state index is 12.8. The van der Waals surface area contributed by atoms with E-state index in [0.717, 1.165) is 25.7 Å². The Bertz CT molecular complexity index is 941. The lowest BCUT2D eigenvalue weighted by molar-refractivity contribution is -0.233. The summed E-state index contributed by atoms with van der Waals surface area (Å²) in [4.78, 5) is 12.8. The van der Waals surface area contributed by atoms with Crippen LogP contribution in [0.1, 0.15) is 93.4 Å². The molecule has 0 bridgehead atoms. The second-order valence-electron chi connectivity index (χ2n) is 14.8. The van der Waals surface area contributed by atoms with Crippen molar-refractivity contribution in [1.29, 1.82) is 0 Å². The molecule has 4 saturated carbocycles. The van der Waals surface area contributed by atoms with Crippen LogP contribution in [0.4, 0.5) is 0 Å². The highest BCUT2D eigenvalue weighted by Crippen LogP contribution is 2.75. The quantitative estimate of drug-likeness (QED) is 0.388. The number of aliphatic hydroxyl groups is 3. The van der Waals surface area contributed by atoms with Crippen LogP contribution in [-0.2, 0) is 4.79 Å². The second kappa shape index (κ2) is 7.57. The number of carbonyl (C=O) groups is 1. The van der Waals surface area contributed by atoms with E-state index in [9.17, 15) is 25.2 Å². The Morgan fingerprint density at radius 3 is 2.17 bits per heavy atom. The Labute approximate surface area is 211 Å². The van der Waals surface area contributed by atoms with Crippen molar-refractivity contribution in [1.82, 2.24) is 0 Å². The highest BCUT2D eigenvalue weighted by molar-refractivity contribution is 5.77. The molecule has 12 atom stereocenters. The number of aliphatic hydroxyl groups excluding tert-OH is 3. The number of aliphatic carboxylic acids is 1. The number of carboxylic acids is 1. The minimum atomic E-state index is -0.881. The van der Waals surface area contributed by atoms with Crippen LogP contribution in [0.5, 0.6) is 0 Å². The maximum absolute atomic E-state index is 12.8. The van der Waals surface area contributed by atoms with E-state index in [1.54, 1.807) is 0 Å². The zero-order valence-electron chi connectivity index (χ0n) is 22.8. The fourth-order valence-corrected chi connectivity index (χ4v) is 11.1. The Balaban J connectivity index is 1.62. The monoisotopic (exact) mass is 488 g/mol. The first-order chi connectivity index (χ1) is 16.1. The molecule has 198 valence electrons. The molecule has 0 aromatic rings. The smallest absolute Gasteiger partial charge is 0.310 e. The molecule has 0 aliphatic heterocycles. The van der Waals surface area contributed by atoms with Crippen molar-refractivity contribution in [2.24, 2.45) is 56.7 Å². The summed E-state index contributed by atoms with van der Waals surface area (Å²) in [6, 6.07) is 0. The van der Waals surface area contributed by atoms with Crippen molar-refractivity contribution in [3.05, 3.63) is 11.6 Å². The van der Waals surface area contributed by atoms with Gasteiger partial charge in [-0.25, -0.2) is 0 Å². The summed E-state index contributed by atoms with van der Waals surface area (Å²) < 4.78 is 0. The van der Waals surface area contributed by atoms with Crippen molar-refractivity contribution in [2.45, 2.75) is 112 Å². The molecule has 5 aliphatic rings. The molecule has 0 radical (unpaired) electrons. The number of allylic oxidation sites excluding steroid dienone is 2. The lowest BCUT2D eigenvalue weighted by Gasteiger charge is -2.71. The molecule has 0 aromatic carbocycles.